The van der Waals surface area contributed by atoms with E-state index in [9.17, 15) is 0 Å². The molecule has 2 aromatic heterocycles. The van der Waals surface area contributed by atoms with E-state index < -0.39 is 0 Å². The first-order valence-corrected chi connectivity index (χ1v) is 6.17. The minimum atomic E-state index is 0.436. The normalized spacial score (nSPS) is 9.88. The van der Waals surface area contributed by atoms with Crippen LogP contribution in [0.2, 0.25) is 0 Å². The van der Waals surface area contributed by atoms with Gasteiger partial charge in [0.05, 0.1) is 22.6 Å². The van der Waals surface area contributed by atoms with E-state index in [1.165, 1.54) is 0 Å². The quantitative estimate of drug-likeness (QED) is 0.897. The fourth-order valence-corrected chi connectivity index (χ4v) is 2.07. The second-order valence-electron chi connectivity index (χ2n) is 3.58. The van der Waals surface area contributed by atoms with Crippen molar-refractivity contribution in [2.45, 2.75) is 13.3 Å². The molecule has 0 unspecified atom stereocenters. The molecule has 4 nitrogen and oxygen atoms in total. The topological polar surface area (TPSA) is 61.6 Å². The number of thiazole rings is 1. The van der Waals surface area contributed by atoms with Crippen LogP contribution in [0.5, 0.6) is 0 Å². The minimum absolute atomic E-state index is 0.436. The fraction of sp³-hybridized carbons (Fsp3) is 0.250. The average Bonchev–Trinajstić information content (AvgIpc) is 2.76. The van der Waals surface area contributed by atoms with Gasteiger partial charge in [0.2, 0.25) is 0 Å². The number of aromatic nitrogens is 2. The SMILES string of the molecule is Cc1nc(CCNc2ccc(C#N)nc2)cs1. The van der Waals surface area contributed by atoms with E-state index in [4.69, 9.17) is 5.26 Å². The van der Waals surface area contributed by atoms with Gasteiger partial charge in [0.15, 0.2) is 0 Å². The lowest BCUT2D eigenvalue weighted by molar-refractivity contribution is 0.966. The Labute approximate surface area is 104 Å². The lowest BCUT2D eigenvalue weighted by Gasteiger charge is -2.04. The highest BCUT2D eigenvalue weighted by molar-refractivity contribution is 7.09. The van der Waals surface area contributed by atoms with Gasteiger partial charge in [0.25, 0.3) is 0 Å². The number of hydrogen-bond acceptors (Lipinski definition) is 5. The number of nitriles is 1. The van der Waals surface area contributed by atoms with Gasteiger partial charge in [-0.05, 0) is 19.1 Å². The van der Waals surface area contributed by atoms with Crippen molar-refractivity contribution in [3.63, 3.8) is 0 Å². The molecular weight excluding hydrogens is 232 g/mol. The van der Waals surface area contributed by atoms with Crippen molar-refractivity contribution in [2.24, 2.45) is 0 Å². The Morgan fingerprint density at radius 1 is 1.47 bits per heavy atom. The highest BCUT2D eigenvalue weighted by atomic mass is 32.1. The van der Waals surface area contributed by atoms with Gasteiger partial charge in [-0.25, -0.2) is 9.97 Å². The summed E-state index contributed by atoms with van der Waals surface area (Å²) < 4.78 is 0. The van der Waals surface area contributed by atoms with Gasteiger partial charge in [-0.3, -0.25) is 0 Å². The van der Waals surface area contributed by atoms with E-state index in [0.29, 0.717) is 5.69 Å². The Kier molecular flexibility index (Phi) is 3.68. The number of anilines is 1. The summed E-state index contributed by atoms with van der Waals surface area (Å²) in [7, 11) is 0. The van der Waals surface area contributed by atoms with Gasteiger partial charge >= 0.3 is 0 Å². The van der Waals surface area contributed by atoms with E-state index in [0.717, 1.165) is 29.4 Å². The maximum atomic E-state index is 8.62. The highest BCUT2D eigenvalue weighted by Gasteiger charge is 1.98. The molecule has 0 aliphatic heterocycles. The van der Waals surface area contributed by atoms with Crippen molar-refractivity contribution in [1.82, 2.24) is 9.97 Å². The van der Waals surface area contributed by atoms with Gasteiger partial charge in [0, 0.05) is 18.3 Å². The fourth-order valence-electron chi connectivity index (χ4n) is 1.42. The molecule has 0 fully saturated rings. The summed E-state index contributed by atoms with van der Waals surface area (Å²) in [4.78, 5) is 8.38. The molecule has 17 heavy (non-hydrogen) atoms. The standard InChI is InChI=1S/C12H12N4S/c1-9-16-12(8-17-9)4-5-14-11-3-2-10(6-13)15-7-11/h2-3,7-8,14H,4-5H2,1H3. The number of pyridine rings is 1. The molecule has 1 N–H and O–H groups in total. The first kappa shape index (κ1) is 11.6. The van der Waals surface area contributed by atoms with Gasteiger partial charge in [-0.15, -0.1) is 11.3 Å². The predicted octanol–water partition coefficient (Wildman–Crippen LogP) is 2.37. The zero-order valence-corrected chi connectivity index (χ0v) is 10.3. The second kappa shape index (κ2) is 5.41. The molecule has 0 radical (unpaired) electrons. The summed E-state index contributed by atoms with van der Waals surface area (Å²) in [5, 5.41) is 15.0. The molecule has 2 aromatic rings. The Morgan fingerprint density at radius 3 is 2.94 bits per heavy atom. The third-order valence-corrected chi connectivity index (χ3v) is 3.08. The van der Waals surface area contributed by atoms with Crippen molar-refractivity contribution < 1.29 is 0 Å². The first-order chi connectivity index (χ1) is 8.28. The Hall–Kier alpha value is -1.93. The molecule has 0 atom stereocenters. The molecule has 0 aliphatic rings. The lowest BCUT2D eigenvalue weighted by Crippen LogP contribution is -2.05. The monoisotopic (exact) mass is 244 g/mol. The van der Waals surface area contributed by atoms with E-state index in [-0.39, 0.29) is 0 Å². The van der Waals surface area contributed by atoms with E-state index in [1.54, 1.807) is 23.6 Å². The molecule has 0 bridgehead atoms. The molecule has 0 amide bonds. The Balaban J connectivity index is 1.84. The summed E-state index contributed by atoms with van der Waals surface area (Å²) in [6.45, 7) is 2.82. The molecule has 0 saturated heterocycles. The molecule has 0 aromatic carbocycles. The lowest BCUT2D eigenvalue weighted by atomic mass is 10.3. The molecule has 2 heterocycles. The third kappa shape index (κ3) is 3.26. The van der Waals surface area contributed by atoms with E-state index in [2.05, 4.69) is 20.7 Å². The number of rotatable bonds is 4. The maximum Gasteiger partial charge on any atom is 0.140 e. The summed E-state index contributed by atoms with van der Waals surface area (Å²) in [6.07, 6.45) is 2.56. The number of hydrogen-bond donors (Lipinski definition) is 1. The Morgan fingerprint density at radius 2 is 2.35 bits per heavy atom. The summed E-state index contributed by atoms with van der Waals surface area (Å²) in [6, 6.07) is 5.55. The van der Waals surface area contributed by atoms with Crippen molar-refractivity contribution in [2.75, 3.05) is 11.9 Å². The van der Waals surface area contributed by atoms with Crippen LogP contribution < -0.4 is 5.32 Å². The first-order valence-electron chi connectivity index (χ1n) is 5.29. The number of aryl methyl sites for hydroxylation is 1. The molecule has 0 aliphatic carbocycles. The van der Waals surface area contributed by atoms with Crippen molar-refractivity contribution >= 4 is 17.0 Å². The van der Waals surface area contributed by atoms with Crippen LogP contribution in [-0.2, 0) is 6.42 Å². The van der Waals surface area contributed by atoms with Crippen LogP contribution in [0, 0.1) is 18.3 Å². The molecule has 0 saturated carbocycles. The van der Waals surface area contributed by atoms with Crippen molar-refractivity contribution in [1.29, 1.82) is 5.26 Å². The zero-order valence-electron chi connectivity index (χ0n) is 9.47. The predicted molar refractivity (Wildman–Crippen MR) is 68.0 cm³/mol. The van der Waals surface area contributed by atoms with E-state index in [1.807, 2.05) is 19.1 Å². The van der Waals surface area contributed by atoms with Gasteiger partial charge < -0.3 is 5.32 Å². The summed E-state index contributed by atoms with van der Waals surface area (Å²) >= 11 is 1.67. The van der Waals surface area contributed by atoms with Crippen LogP contribution in [0.4, 0.5) is 5.69 Å². The third-order valence-electron chi connectivity index (χ3n) is 2.25. The van der Waals surface area contributed by atoms with Gasteiger partial charge in [-0.2, -0.15) is 5.26 Å². The average molecular weight is 244 g/mol. The highest BCUT2D eigenvalue weighted by Crippen LogP contribution is 2.09. The summed E-state index contributed by atoms with van der Waals surface area (Å²) in [5.41, 5.74) is 2.48. The largest absolute Gasteiger partial charge is 0.383 e. The zero-order chi connectivity index (χ0) is 12.1. The van der Waals surface area contributed by atoms with Crippen LogP contribution in [0.3, 0.4) is 0 Å². The van der Waals surface area contributed by atoms with Crippen LogP contribution >= 0.6 is 11.3 Å². The smallest absolute Gasteiger partial charge is 0.140 e. The van der Waals surface area contributed by atoms with Gasteiger partial charge in [0.1, 0.15) is 11.8 Å². The Bertz CT molecular complexity index is 524. The molecule has 86 valence electrons. The number of nitrogens with zero attached hydrogens (tertiary/aromatic N) is 3. The maximum absolute atomic E-state index is 8.62. The van der Waals surface area contributed by atoms with Crippen LogP contribution in [0.1, 0.15) is 16.4 Å². The van der Waals surface area contributed by atoms with Crippen molar-refractivity contribution in [3.05, 3.63) is 40.1 Å². The summed E-state index contributed by atoms with van der Waals surface area (Å²) in [5.74, 6) is 0. The van der Waals surface area contributed by atoms with Crippen LogP contribution in [0.15, 0.2) is 23.7 Å². The molecular formula is C12H12N4S. The van der Waals surface area contributed by atoms with Gasteiger partial charge in [-0.1, -0.05) is 0 Å². The second-order valence-corrected chi connectivity index (χ2v) is 4.64. The number of nitrogens with one attached hydrogen (secondary N) is 1. The molecule has 0 spiro atoms. The molecule has 2 rings (SSSR count). The molecule has 5 heteroatoms. The van der Waals surface area contributed by atoms with Crippen molar-refractivity contribution in [3.8, 4) is 6.07 Å². The van der Waals surface area contributed by atoms with E-state index >= 15 is 0 Å². The van der Waals surface area contributed by atoms with Crippen LogP contribution in [-0.4, -0.2) is 16.5 Å². The minimum Gasteiger partial charge on any atom is -0.383 e. The van der Waals surface area contributed by atoms with Crippen LogP contribution in [0.25, 0.3) is 0 Å².